The van der Waals surface area contributed by atoms with Gasteiger partial charge >= 0.3 is 0 Å². The summed E-state index contributed by atoms with van der Waals surface area (Å²) in [7, 11) is 4.43. The summed E-state index contributed by atoms with van der Waals surface area (Å²) >= 11 is 0. The first-order valence-corrected chi connectivity index (χ1v) is 5.88. The summed E-state index contributed by atoms with van der Waals surface area (Å²) < 4.78 is 0. The lowest BCUT2D eigenvalue weighted by molar-refractivity contribution is 0.118. The molecule has 0 aliphatic heterocycles. The quantitative estimate of drug-likeness (QED) is 0.633. The van der Waals surface area contributed by atoms with E-state index in [2.05, 4.69) is 19.0 Å². The third-order valence-corrected chi connectivity index (χ3v) is 3.85. The van der Waals surface area contributed by atoms with E-state index in [1.165, 1.54) is 38.6 Å². The molecule has 0 aromatic carbocycles. The molecule has 2 rings (SSSR count). The summed E-state index contributed by atoms with van der Waals surface area (Å²) in [6.07, 6.45) is 9.18. The van der Waals surface area contributed by atoms with Gasteiger partial charge in [0.2, 0.25) is 0 Å². The monoisotopic (exact) mass is 181 g/mol. The van der Waals surface area contributed by atoms with Crippen LogP contribution in [-0.2, 0) is 0 Å². The Kier molecular flexibility index (Phi) is 2.92. The summed E-state index contributed by atoms with van der Waals surface area (Å²) in [5.41, 5.74) is 0. The van der Waals surface area contributed by atoms with Crippen LogP contribution < -0.4 is 0 Å². The minimum absolute atomic E-state index is 1.01. The van der Waals surface area contributed by atoms with Crippen LogP contribution in [0.5, 0.6) is 0 Å². The van der Waals surface area contributed by atoms with Crippen LogP contribution in [0.1, 0.15) is 38.5 Å². The Labute approximate surface area is 82.5 Å². The van der Waals surface area contributed by atoms with Crippen LogP contribution in [0.4, 0.5) is 0 Å². The smallest absolute Gasteiger partial charge is 0.000376 e. The standard InChI is InChI=1S/C12H23N/c1-13(2)9-12-7-10-4-3-5-11(6-10)8-12/h10-12H,3-9H2,1-2H3/t10-,11+,12?. The highest BCUT2D eigenvalue weighted by molar-refractivity contribution is 4.83. The van der Waals surface area contributed by atoms with Crippen molar-refractivity contribution in [3.8, 4) is 0 Å². The fourth-order valence-corrected chi connectivity index (χ4v) is 3.53. The molecule has 2 saturated carbocycles. The zero-order valence-corrected chi connectivity index (χ0v) is 9.13. The molecule has 0 amide bonds. The van der Waals surface area contributed by atoms with E-state index in [0.29, 0.717) is 0 Å². The largest absolute Gasteiger partial charge is 0.309 e. The molecule has 1 heteroatoms. The van der Waals surface area contributed by atoms with Gasteiger partial charge in [0, 0.05) is 6.54 Å². The van der Waals surface area contributed by atoms with E-state index in [1.54, 1.807) is 6.42 Å². The van der Waals surface area contributed by atoms with Gasteiger partial charge in [0.25, 0.3) is 0 Å². The molecule has 0 aromatic heterocycles. The van der Waals surface area contributed by atoms with Crippen LogP contribution in [-0.4, -0.2) is 25.5 Å². The first-order chi connectivity index (χ1) is 6.24. The van der Waals surface area contributed by atoms with Gasteiger partial charge in [-0.25, -0.2) is 0 Å². The van der Waals surface area contributed by atoms with Gasteiger partial charge in [-0.3, -0.25) is 0 Å². The highest BCUT2D eigenvalue weighted by Gasteiger charge is 2.31. The fourth-order valence-electron chi connectivity index (χ4n) is 3.53. The van der Waals surface area contributed by atoms with Gasteiger partial charge < -0.3 is 4.90 Å². The minimum atomic E-state index is 1.01. The predicted molar refractivity (Wildman–Crippen MR) is 56.7 cm³/mol. The molecule has 0 spiro atoms. The lowest BCUT2D eigenvalue weighted by Gasteiger charge is -2.39. The molecule has 0 saturated heterocycles. The first-order valence-electron chi connectivity index (χ1n) is 5.88. The minimum Gasteiger partial charge on any atom is -0.309 e. The molecule has 0 heterocycles. The highest BCUT2D eigenvalue weighted by atomic mass is 15.1. The summed E-state index contributed by atoms with van der Waals surface area (Å²) in [5, 5.41) is 0. The molecular formula is C12H23N. The van der Waals surface area contributed by atoms with E-state index in [1.807, 2.05) is 0 Å². The maximum absolute atomic E-state index is 2.37. The number of rotatable bonds is 2. The van der Waals surface area contributed by atoms with Crippen molar-refractivity contribution < 1.29 is 0 Å². The Morgan fingerprint density at radius 3 is 2.15 bits per heavy atom. The van der Waals surface area contributed by atoms with E-state index in [-0.39, 0.29) is 0 Å². The van der Waals surface area contributed by atoms with Crippen molar-refractivity contribution in [1.29, 1.82) is 0 Å². The van der Waals surface area contributed by atoms with Crippen molar-refractivity contribution in [2.45, 2.75) is 38.5 Å². The summed E-state index contributed by atoms with van der Waals surface area (Å²) in [4.78, 5) is 2.37. The van der Waals surface area contributed by atoms with Crippen molar-refractivity contribution in [3.05, 3.63) is 0 Å². The van der Waals surface area contributed by atoms with Crippen LogP contribution >= 0.6 is 0 Å². The second kappa shape index (κ2) is 4.00. The van der Waals surface area contributed by atoms with E-state index in [0.717, 1.165) is 17.8 Å². The van der Waals surface area contributed by atoms with Gasteiger partial charge in [-0.1, -0.05) is 19.3 Å². The van der Waals surface area contributed by atoms with Crippen molar-refractivity contribution in [2.75, 3.05) is 20.6 Å². The van der Waals surface area contributed by atoms with Crippen LogP contribution in [0.2, 0.25) is 0 Å². The van der Waals surface area contributed by atoms with Gasteiger partial charge in [0.15, 0.2) is 0 Å². The van der Waals surface area contributed by atoms with Crippen molar-refractivity contribution in [2.24, 2.45) is 17.8 Å². The zero-order valence-electron chi connectivity index (χ0n) is 9.13. The zero-order chi connectivity index (χ0) is 9.26. The lowest BCUT2D eigenvalue weighted by Crippen LogP contribution is -2.32. The number of hydrogen-bond donors (Lipinski definition) is 0. The number of fused-ring (bicyclic) bond motifs is 2. The molecule has 2 aliphatic rings. The third-order valence-electron chi connectivity index (χ3n) is 3.85. The van der Waals surface area contributed by atoms with Crippen LogP contribution in [0.3, 0.4) is 0 Å². The van der Waals surface area contributed by atoms with E-state index < -0.39 is 0 Å². The van der Waals surface area contributed by atoms with E-state index >= 15 is 0 Å². The maximum atomic E-state index is 2.37. The molecular weight excluding hydrogens is 158 g/mol. The fraction of sp³-hybridized carbons (Fsp3) is 1.00. The van der Waals surface area contributed by atoms with Crippen LogP contribution in [0.15, 0.2) is 0 Å². The van der Waals surface area contributed by atoms with Crippen molar-refractivity contribution in [1.82, 2.24) is 4.90 Å². The molecule has 3 atom stereocenters. The van der Waals surface area contributed by atoms with E-state index in [9.17, 15) is 0 Å². The normalized spacial score (nSPS) is 39.5. The second-order valence-corrected chi connectivity index (χ2v) is 5.50. The van der Waals surface area contributed by atoms with Gasteiger partial charge in [0.05, 0.1) is 0 Å². The Bertz CT molecular complexity index is 153. The molecule has 2 aliphatic carbocycles. The summed E-state index contributed by atoms with van der Waals surface area (Å²) in [6, 6.07) is 0. The highest BCUT2D eigenvalue weighted by Crippen LogP contribution is 2.42. The average Bonchev–Trinajstić information content (AvgIpc) is 2.01. The molecule has 1 unspecified atom stereocenters. The van der Waals surface area contributed by atoms with Gasteiger partial charge in [-0.05, 0) is 51.1 Å². The van der Waals surface area contributed by atoms with Crippen LogP contribution in [0.25, 0.3) is 0 Å². The SMILES string of the molecule is CN(C)CC1C[C@H]2CCC[C@@H](C1)C2. The molecule has 76 valence electrons. The summed E-state index contributed by atoms with van der Waals surface area (Å²) in [6.45, 7) is 1.33. The Hall–Kier alpha value is -0.0400. The molecule has 2 fully saturated rings. The lowest BCUT2D eigenvalue weighted by atomic mass is 9.68. The van der Waals surface area contributed by atoms with E-state index in [4.69, 9.17) is 0 Å². The third kappa shape index (κ3) is 2.46. The average molecular weight is 181 g/mol. The second-order valence-electron chi connectivity index (χ2n) is 5.50. The first kappa shape index (κ1) is 9.51. The Morgan fingerprint density at radius 2 is 1.62 bits per heavy atom. The molecule has 13 heavy (non-hydrogen) atoms. The van der Waals surface area contributed by atoms with Gasteiger partial charge in [-0.2, -0.15) is 0 Å². The molecule has 1 nitrogen and oxygen atoms in total. The van der Waals surface area contributed by atoms with Gasteiger partial charge in [0.1, 0.15) is 0 Å². The predicted octanol–water partition coefficient (Wildman–Crippen LogP) is 2.76. The van der Waals surface area contributed by atoms with Crippen molar-refractivity contribution >= 4 is 0 Å². The maximum Gasteiger partial charge on any atom is 0.000376 e. The molecule has 0 N–H and O–H groups in total. The van der Waals surface area contributed by atoms with Crippen molar-refractivity contribution in [3.63, 3.8) is 0 Å². The molecule has 2 bridgehead atoms. The Morgan fingerprint density at radius 1 is 1.00 bits per heavy atom. The topological polar surface area (TPSA) is 3.24 Å². The number of hydrogen-bond acceptors (Lipinski definition) is 1. The Balaban J connectivity index is 1.86. The molecule has 0 aromatic rings. The van der Waals surface area contributed by atoms with Gasteiger partial charge in [-0.15, -0.1) is 0 Å². The van der Waals surface area contributed by atoms with Crippen LogP contribution in [0, 0.1) is 17.8 Å². The summed E-state index contributed by atoms with van der Waals surface area (Å²) in [5.74, 6) is 3.20. The number of nitrogens with zero attached hydrogens (tertiary/aromatic N) is 1. The molecule has 0 radical (unpaired) electrons.